The molecule has 0 saturated heterocycles. The molecular formula is C10H15N3OS. The van der Waals surface area contributed by atoms with Crippen molar-refractivity contribution in [2.24, 2.45) is 11.7 Å². The highest BCUT2D eigenvalue weighted by molar-refractivity contribution is 7.09. The van der Waals surface area contributed by atoms with E-state index in [0.29, 0.717) is 18.3 Å². The van der Waals surface area contributed by atoms with Gasteiger partial charge in [0, 0.05) is 18.0 Å². The molecule has 0 aliphatic heterocycles. The molecule has 1 aliphatic rings. The van der Waals surface area contributed by atoms with Crippen LogP contribution in [0.2, 0.25) is 0 Å². The molecule has 0 bridgehead atoms. The molecule has 3 N–H and O–H groups in total. The molecule has 1 aromatic rings. The Labute approximate surface area is 92.9 Å². The van der Waals surface area contributed by atoms with E-state index in [0.717, 1.165) is 23.8 Å². The SMILES string of the molecule is CC1CC(NC(=O)c2csc(CN)n2)C1. The molecule has 0 radical (unpaired) electrons. The van der Waals surface area contributed by atoms with Gasteiger partial charge >= 0.3 is 0 Å². The fraction of sp³-hybridized carbons (Fsp3) is 0.600. The van der Waals surface area contributed by atoms with Crippen molar-refractivity contribution in [2.45, 2.75) is 32.4 Å². The van der Waals surface area contributed by atoms with E-state index in [-0.39, 0.29) is 5.91 Å². The quantitative estimate of drug-likeness (QED) is 0.810. The minimum Gasteiger partial charge on any atom is -0.348 e. The number of carbonyl (C=O) groups is 1. The summed E-state index contributed by atoms with van der Waals surface area (Å²) in [6.45, 7) is 2.59. The van der Waals surface area contributed by atoms with Crippen LogP contribution in [0.5, 0.6) is 0 Å². The lowest BCUT2D eigenvalue weighted by Crippen LogP contribution is -2.43. The van der Waals surface area contributed by atoms with Crippen LogP contribution in [-0.4, -0.2) is 16.9 Å². The van der Waals surface area contributed by atoms with Crippen molar-refractivity contribution in [2.75, 3.05) is 0 Å². The maximum atomic E-state index is 11.7. The van der Waals surface area contributed by atoms with Crippen LogP contribution in [0.25, 0.3) is 0 Å². The molecule has 1 saturated carbocycles. The molecule has 1 amide bonds. The fourth-order valence-electron chi connectivity index (χ4n) is 1.79. The highest BCUT2D eigenvalue weighted by Gasteiger charge is 2.27. The minimum absolute atomic E-state index is 0.0668. The third-order valence-electron chi connectivity index (χ3n) is 2.67. The topological polar surface area (TPSA) is 68.0 Å². The van der Waals surface area contributed by atoms with Gasteiger partial charge in [0.2, 0.25) is 0 Å². The highest BCUT2D eigenvalue weighted by Crippen LogP contribution is 2.26. The number of thiazole rings is 1. The van der Waals surface area contributed by atoms with E-state index < -0.39 is 0 Å². The first-order valence-corrected chi connectivity index (χ1v) is 6.02. The summed E-state index contributed by atoms with van der Waals surface area (Å²) in [5, 5.41) is 5.54. The Hall–Kier alpha value is -0.940. The van der Waals surface area contributed by atoms with E-state index in [4.69, 9.17) is 5.73 Å². The average Bonchev–Trinajstić information content (AvgIpc) is 2.63. The number of carbonyl (C=O) groups excluding carboxylic acids is 1. The van der Waals surface area contributed by atoms with Crippen LogP contribution in [0.3, 0.4) is 0 Å². The van der Waals surface area contributed by atoms with Gasteiger partial charge in [0.25, 0.3) is 5.91 Å². The number of nitrogens with one attached hydrogen (secondary N) is 1. The molecule has 0 spiro atoms. The van der Waals surface area contributed by atoms with E-state index in [2.05, 4.69) is 17.2 Å². The van der Waals surface area contributed by atoms with Crippen LogP contribution in [0.4, 0.5) is 0 Å². The molecule has 1 fully saturated rings. The monoisotopic (exact) mass is 225 g/mol. The van der Waals surface area contributed by atoms with Gasteiger partial charge in [0.1, 0.15) is 10.7 Å². The lowest BCUT2D eigenvalue weighted by atomic mass is 9.82. The third-order valence-corrected chi connectivity index (χ3v) is 3.54. The predicted molar refractivity (Wildman–Crippen MR) is 59.7 cm³/mol. The van der Waals surface area contributed by atoms with Crippen LogP contribution in [0, 0.1) is 5.92 Å². The number of nitrogens with two attached hydrogens (primary N) is 1. The van der Waals surface area contributed by atoms with Crippen molar-refractivity contribution >= 4 is 17.2 Å². The van der Waals surface area contributed by atoms with Crippen molar-refractivity contribution in [3.05, 3.63) is 16.1 Å². The van der Waals surface area contributed by atoms with Gasteiger partial charge in [-0.2, -0.15) is 0 Å². The Balaban J connectivity index is 1.90. The van der Waals surface area contributed by atoms with Gasteiger partial charge in [-0.25, -0.2) is 4.98 Å². The van der Waals surface area contributed by atoms with E-state index in [1.807, 2.05) is 0 Å². The molecule has 2 rings (SSSR count). The number of aromatic nitrogens is 1. The van der Waals surface area contributed by atoms with E-state index >= 15 is 0 Å². The summed E-state index contributed by atoms with van der Waals surface area (Å²) in [5.41, 5.74) is 5.94. The zero-order valence-corrected chi connectivity index (χ0v) is 9.51. The minimum atomic E-state index is -0.0668. The standard InChI is InChI=1S/C10H15N3OS/c1-6-2-7(3-6)12-10(14)8-5-15-9(4-11)13-8/h5-7H,2-4,11H2,1H3,(H,12,14). The van der Waals surface area contributed by atoms with Crippen molar-refractivity contribution in [3.8, 4) is 0 Å². The molecule has 1 aliphatic carbocycles. The molecule has 0 aromatic carbocycles. The van der Waals surface area contributed by atoms with Gasteiger partial charge in [-0.05, 0) is 18.8 Å². The number of amides is 1. The Kier molecular flexibility index (Phi) is 3.02. The number of nitrogens with zero attached hydrogens (tertiary/aromatic N) is 1. The molecule has 15 heavy (non-hydrogen) atoms. The third kappa shape index (κ3) is 2.35. The van der Waals surface area contributed by atoms with Crippen molar-refractivity contribution in [3.63, 3.8) is 0 Å². The van der Waals surface area contributed by atoms with Crippen molar-refractivity contribution in [1.82, 2.24) is 10.3 Å². The number of hydrogen-bond donors (Lipinski definition) is 2. The van der Waals surface area contributed by atoms with E-state index in [1.54, 1.807) is 5.38 Å². The Morgan fingerprint density at radius 3 is 3.00 bits per heavy atom. The predicted octanol–water partition coefficient (Wildman–Crippen LogP) is 1.13. The van der Waals surface area contributed by atoms with Crippen LogP contribution in [0.1, 0.15) is 35.3 Å². The van der Waals surface area contributed by atoms with Gasteiger partial charge in [-0.1, -0.05) is 6.92 Å². The first-order chi connectivity index (χ1) is 7.19. The van der Waals surface area contributed by atoms with Crippen LogP contribution in [0.15, 0.2) is 5.38 Å². The average molecular weight is 225 g/mol. The summed E-state index contributed by atoms with van der Waals surface area (Å²) in [6, 6.07) is 0.343. The van der Waals surface area contributed by atoms with E-state index in [9.17, 15) is 4.79 Å². The first-order valence-electron chi connectivity index (χ1n) is 5.14. The Morgan fingerprint density at radius 2 is 2.47 bits per heavy atom. The Bertz CT molecular complexity index is 357. The first kappa shape index (κ1) is 10.6. The zero-order valence-electron chi connectivity index (χ0n) is 8.69. The van der Waals surface area contributed by atoms with Crippen LogP contribution < -0.4 is 11.1 Å². The van der Waals surface area contributed by atoms with Crippen LogP contribution in [-0.2, 0) is 6.54 Å². The number of hydrogen-bond acceptors (Lipinski definition) is 4. The molecule has 1 aromatic heterocycles. The molecule has 0 atom stereocenters. The summed E-state index contributed by atoms with van der Waals surface area (Å²) in [4.78, 5) is 15.8. The fourth-order valence-corrected chi connectivity index (χ4v) is 2.44. The molecule has 4 nitrogen and oxygen atoms in total. The lowest BCUT2D eigenvalue weighted by molar-refractivity contribution is 0.0891. The van der Waals surface area contributed by atoms with Gasteiger partial charge in [-0.3, -0.25) is 4.79 Å². The summed E-state index contributed by atoms with van der Waals surface area (Å²) >= 11 is 1.43. The summed E-state index contributed by atoms with van der Waals surface area (Å²) < 4.78 is 0. The van der Waals surface area contributed by atoms with Crippen LogP contribution >= 0.6 is 11.3 Å². The van der Waals surface area contributed by atoms with Gasteiger partial charge in [-0.15, -0.1) is 11.3 Å². The summed E-state index contributed by atoms with van der Waals surface area (Å²) in [7, 11) is 0. The summed E-state index contributed by atoms with van der Waals surface area (Å²) in [5.74, 6) is 0.674. The second-order valence-corrected chi connectivity index (χ2v) is 5.02. The van der Waals surface area contributed by atoms with Gasteiger partial charge in [0.15, 0.2) is 0 Å². The highest BCUT2D eigenvalue weighted by atomic mass is 32.1. The van der Waals surface area contributed by atoms with Crippen molar-refractivity contribution < 1.29 is 4.79 Å². The molecule has 82 valence electrons. The maximum absolute atomic E-state index is 11.7. The zero-order chi connectivity index (χ0) is 10.8. The normalized spacial score (nSPS) is 24.7. The molecule has 0 unspecified atom stereocenters. The molecule has 1 heterocycles. The maximum Gasteiger partial charge on any atom is 0.270 e. The van der Waals surface area contributed by atoms with Gasteiger partial charge < -0.3 is 11.1 Å². The summed E-state index contributed by atoms with van der Waals surface area (Å²) in [6.07, 6.45) is 2.17. The lowest BCUT2D eigenvalue weighted by Gasteiger charge is -2.32. The second kappa shape index (κ2) is 4.28. The van der Waals surface area contributed by atoms with E-state index in [1.165, 1.54) is 11.3 Å². The molecule has 5 heteroatoms. The van der Waals surface area contributed by atoms with Gasteiger partial charge in [0.05, 0.1) is 0 Å². The number of rotatable bonds is 3. The smallest absolute Gasteiger partial charge is 0.270 e. The van der Waals surface area contributed by atoms with Crippen molar-refractivity contribution in [1.29, 1.82) is 0 Å². The Morgan fingerprint density at radius 1 is 1.73 bits per heavy atom. The second-order valence-electron chi connectivity index (χ2n) is 4.08. The molecular weight excluding hydrogens is 210 g/mol. The largest absolute Gasteiger partial charge is 0.348 e.